The summed E-state index contributed by atoms with van der Waals surface area (Å²) in [6.07, 6.45) is -1.87. The van der Waals surface area contributed by atoms with Crippen LogP contribution in [-0.4, -0.2) is 41.1 Å². The summed E-state index contributed by atoms with van der Waals surface area (Å²) >= 11 is 0. The van der Waals surface area contributed by atoms with Crippen LogP contribution in [-0.2, 0) is 9.59 Å². The maximum absolute atomic E-state index is 12.5. The van der Waals surface area contributed by atoms with Crippen LogP contribution >= 0.6 is 0 Å². The van der Waals surface area contributed by atoms with Crippen molar-refractivity contribution < 1.29 is 19.1 Å². The molecule has 0 aromatic rings. The van der Waals surface area contributed by atoms with E-state index in [1.54, 1.807) is 0 Å². The number of rotatable bonds is 1. The Labute approximate surface area is 62.6 Å². The normalized spacial score (nSPS) is 31.1. The number of amides is 1. The van der Waals surface area contributed by atoms with Crippen molar-refractivity contribution in [2.45, 2.75) is 18.6 Å². The summed E-state index contributed by atoms with van der Waals surface area (Å²) < 4.78 is 12.5. The lowest BCUT2D eigenvalue weighted by Gasteiger charge is -2.13. The average Bonchev–Trinajstić information content (AvgIpc) is 2.17. The van der Waals surface area contributed by atoms with Gasteiger partial charge >= 0.3 is 5.97 Å². The fourth-order valence-electron chi connectivity index (χ4n) is 1.10. The van der Waals surface area contributed by atoms with Gasteiger partial charge in [-0.05, 0) is 0 Å². The fraction of sp³-hybridized carbons (Fsp3) is 0.667. The molecule has 0 spiro atoms. The predicted octanol–water partition coefficient (Wildman–Crippen LogP) is -0.360. The van der Waals surface area contributed by atoms with Crippen LogP contribution in [0.25, 0.3) is 0 Å². The zero-order valence-corrected chi connectivity index (χ0v) is 5.95. The van der Waals surface area contributed by atoms with Crippen LogP contribution in [0.1, 0.15) is 6.42 Å². The molecule has 0 bridgehead atoms. The Morgan fingerprint density at radius 3 is 2.55 bits per heavy atom. The lowest BCUT2D eigenvalue weighted by molar-refractivity contribution is -0.145. The molecule has 1 rings (SSSR count). The zero-order chi connectivity index (χ0) is 8.59. The van der Waals surface area contributed by atoms with Crippen molar-refractivity contribution in [2.75, 3.05) is 7.05 Å². The summed E-state index contributed by atoms with van der Waals surface area (Å²) in [5.74, 6) is -1.89. The van der Waals surface area contributed by atoms with Gasteiger partial charge < -0.3 is 10.0 Å². The van der Waals surface area contributed by atoms with Gasteiger partial charge in [0.2, 0.25) is 0 Å². The Kier molecular flexibility index (Phi) is 1.80. The number of halogens is 1. The number of likely N-dealkylation sites (tertiary alicyclic amines) is 1. The van der Waals surface area contributed by atoms with Crippen LogP contribution in [0.2, 0.25) is 0 Å². The van der Waals surface area contributed by atoms with E-state index in [1.165, 1.54) is 7.05 Å². The highest BCUT2D eigenvalue weighted by Crippen LogP contribution is 2.19. The predicted molar refractivity (Wildman–Crippen MR) is 33.7 cm³/mol. The molecule has 1 heterocycles. The smallest absolute Gasteiger partial charge is 0.326 e. The number of hydrogen-bond donors (Lipinski definition) is 1. The van der Waals surface area contributed by atoms with Crippen LogP contribution in [0, 0.1) is 0 Å². The van der Waals surface area contributed by atoms with E-state index in [-0.39, 0.29) is 6.42 Å². The van der Waals surface area contributed by atoms with Gasteiger partial charge in [0.05, 0.1) is 0 Å². The van der Waals surface area contributed by atoms with Crippen molar-refractivity contribution in [3.05, 3.63) is 0 Å². The molecule has 11 heavy (non-hydrogen) atoms. The van der Waals surface area contributed by atoms with Gasteiger partial charge in [0, 0.05) is 13.5 Å². The summed E-state index contributed by atoms with van der Waals surface area (Å²) in [4.78, 5) is 22.0. The molecule has 1 saturated heterocycles. The van der Waals surface area contributed by atoms with Crippen molar-refractivity contribution in [1.82, 2.24) is 4.90 Å². The van der Waals surface area contributed by atoms with Gasteiger partial charge in [-0.15, -0.1) is 0 Å². The quantitative estimate of drug-likeness (QED) is 0.571. The molecule has 0 saturated carbocycles. The van der Waals surface area contributed by atoms with Crippen LogP contribution in [0.5, 0.6) is 0 Å². The Balaban J connectivity index is 2.75. The molecule has 0 aromatic carbocycles. The van der Waals surface area contributed by atoms with E-state index in [0.29, 0.717) is 0 Å². The standard InChI is InChI=1S/C6H8FNO3/c1-8-4(6(10)11)2-3(7)5(8)9/h3-4H,2H2,1H3,(H,10,11)/t3-,4-/m0/s1. The second-order valence-electron chi connectivity index (χ2n) is 2.51. The van der Waals surface area contributed by atoms with Gasteiger partial charge in [-0.25, -0.2) is 9.18 Å². The Morgan fingerprint density at radius 2 is 2.36 bits per heavy atom. The third kappa shape index (κ3) is 1.18. The highest BCUT2D eigenvalue weighted by molar-refractivity contribution is 5.90. The van der Waals surface area contributed by atoms with Gasteiger partial charge in [0.15, 0.2) is 6.17 Å². The van der Waals surface area contributed by atoms with Crippen molar-refractivity contribution in [2.24, 2.45) is 0 Å². The third-order valence-corrected chi connectivity index (χ3v) is 1.80. The summed E-state index contributed by atoms with van der Waals surface area (Å²) in [6, 6.07) is -0.988. The van der Waals surface area contributed by atoms with Gasteiger partial charge in [-0.2, -0.15) is 0 Å². The lowest BCUT2D eigenvalue weighted by atomic mass is 10.2. The van der Waals surface area contributed by atoms with Gasteiger partial charge in [-0.1, -0.05) is 0 Å². The first-order valence-electron chi connectivity index (χ1n) is 3.17. The molecule has 1 fully saturated rings. The molecule has 5 heteroatoms. The second-order valence-corrected chi connectivity index (χ2v) is 2.51. The minimum absolute atomic E-state index is 0.231. The van der Waals surface area contributed by atoms with Crippen LogP contribution in [0.15, 0.2) is 0 Å². The molecule has 1 N–H and O–H groups in total. The number of nitrogens with zero attached hydrogens (tertiary/aromatic N) is 1. The van der Waals surface area contributed by atoms with Crippen LogP contribution in [0.4, 0.5) is 4.39 Å². The number of carboxylic acid groups (broad SMARTS) is 1. The largest absolute Gasteiger partial charge is 0.480 e. The molecule has 1 aliphatic heterocycles. The maximum atomic E-state index is 12.5. The fourth-order valence-corrected chi connectivity index (χ4v) is 1.10. The van der Waals surface area contributed by atoms with Crippen molar-refractivity contribution >= 4 is 11.9 Å². The summed E-state index contributed by atoms with van der Waals surface area (Å²) in [6.45, 7) is 0. The molecule has 1 amide bonds. The summed E-state index contributed by atoms with van der Waals surface area (Å²) in [5.41, 5.74) is 0. The molecule has 0 aromatic heterocycles. The zero-order valence-electron chi connectivity index (χ0n) is 5.95. The minimum Gasteiger partial charge on any atom is -0.480 e. The first-order valence-corrected chi connectivity index (χ1v) is 3.17. The molecule has 2 atom stereocenters. The lowest BCUT2D eigenvalue weighted by Crippen LogP contribution is -2.35. The molecule has 62 valence electrons. The van der Waals surface area contributed by atoms with Gasteiger partial charge in [-0.3, -0.25) is 4.79 Å². The Bertz CT molecular complexity index is 206. The van der Waals surface area contributed by atoms with Gasteiger partial charge in [0.1, 0.15) is 6.04 Å². The Hall–Kier alpha value is -1.13. The van der Waals surface area contributed by atoms with E-state index in [9.17, 15) is 14.0 Å². The van der Waals surface area contributed by atoms with Crippen molar-refractivity contribution in [3.8, 4) is 0 Å². The molecule has 0 radical (unpaired) electrons. The molecule has 0 aliphatic carbocycles. The number of carboxylic acids is 1. The monoisotopic (exact) mass is 161 g/mol. The summed E-state index contributed by atoms with van der Waals surface area (Å²) in [5, 5.41) is 8.46. The van der Waals surface area contributed by atoms with Crippen LogP contribution in [0.3, 0.4) is 0 Å². The van der Waals surface area contributed by atoms with E-state index in [1.807, 2.05) is 0 Å². The number of carbonyl (C=O) groups is 2. The number of likely N-dealkylation sites (N-methyl/N-ethyl adjacent to an activating group) is 1. The number of carbonyl (C=O) groups excluding carboxylic acids is 1. The first kappa shape index (κ1) is 7.97. The maximum Gasteiger partial charge on any atom is 0.326 e. The molecular weight excluding hydrogens is 153 g/mol. The Morgan fingerprint density at radius 1 is 1.82 bits per heavy atom. The highest BCUT2D eigenvalue weighted by Gasteiger charge is 2.41. The SMILES string of the molecule is CN1C(=O)[C@@H](F)C[C@H]1C(=O)O. The van der Waals surface area contributed by atoms with E-state index < -0.39 is 24.1 Å². The third-order valence-electron chi connectivity index (χ3n) is 1.80. The van der Waals surface area contributed by atoms with E-state index in [0.717, 1.165) is 4.90 Å². The number of aliphatic carboxylic acids is 1. The molecule has 1 aliphatic rings. The van der Waals surface area contributed by atoms with Crippen molar-refractivity contribution in [3.63, 3.8) is 0 Å². The summed E-state index contributed by atoms with van der Waals surface area (Å²) in [7, 11) is 1.29. The molecular formula is C6H8FNO3. The van der Waals surface area contributed by atoms with E-state index in [2.05, 4.69) is 0 Å². The first-order chi connectivity index (χ1) is 5.04. The molecule has 0 unspecified atom stereocenters. The molecule has 4 nitrogen and oxygen atoms in total. The minimum atomic E-state index is -1.64. The second kappa shape index (κ2) is 2.48. The highest BCUT2D eigenvalue weighted by atomic mass is 19.1. The topological polar surface area (TPSA) is 57.6 Å². The number of alkyl halides is 1. The van der Waals surface area contributed by atoms with Crippen molar-refractivity contribution in [1.29, 1.82) is 0 Å². The number of hydrogen-bond acceptors (Lipinski definition) is 2. The van der Waals surface area contributed by atoms with E-state index in [4.69, 9.17) is 5.11 Å². The average molecular weight is 161 g/mol. The van der Waals surface area contributed by atoms with Gasteiger partial charge in [0.25, 0.3) is 5.91 Å². The van der Waals surface area contributed by atoms with E-state index >= 15 is 0 Å². The van der Waals surface area contributed by atoms with Crippen LogP contribution < -0.4 is 0 Å².